The molecule has 0 amide bonds. The number of aromatic amines is 1. The second-order valence-electron chi connectivity index (χ2n) is 3.59. The average Bonchev–Trinajstić information content (AvgIpc) is 2.60. The topological polar surface area (TPSA) is 67.8 Å². The number of carbonyl (C=O) groups excluding carboxylic acids is 1. The van der Waals surface area contributed by atoms with Crippen LogP contribution in [0, 0.1) is 6.92 Å². The third kappa shape index (κ3) is 1.79. The molecular formula is C11H11N3O2. The van der Waals surface area contributed by atoms with E-state index in [4.69, 9.17) is 0 Å². The van der Waals surface area contributed by atoms with Crippen LogP contribution in [-0.4, -0.2) is 20.5 Å². The lowest BCUT2D eigenvalue weighted by atomic mass is 10.2. The van der Waals surface area contributed by atoms with Crippen LogP contribution in [0.4, 0.5) is 0 Å². The molecular weight excluding hydrogens is 206 g/mol. The number of hydrogen-bond donors (Lipinski definition) is 1. The summed E-state index contributed by atoms with van der Waals surface area (Å²) in [6, 6.07) is 7.34. The Kier molecular flexibility index (Phi) is 2.44. The first-order chi connectivity index (χ1) is 7.58. The second-order valence-corrected chi connectivity index (χ2v) is 3.59. The molecule has 0 saturated carbocycles. The number of aryl methyl sites for hydroxylation is 1. The Morgan fingerprint density at radius 3 is 2.75 bits per heavy atom. The van der Waals surface area contributed by atoms with Gasteiger partial charge in [0.2, 0.25) is 0 Å². The summed E-state index contributed by atoms with van der Waals surface area (Å²) in [5.74, 6) is -0.185. The lowest BCUT2D eigenvalue weighted by molar-refractivity contribution is 0.100. The van der Waals surface area contributed by atoms with Crippen LogP contribution in [0.3, 0.4) is 0 Å². The first kappa shape index (κ1) is 10.4. The lowest BCUT2D eigenvalue weighted by Gasteiger charge is -1.99. The molecule has 0 aliphatic carbocycles. The fraction of sp³-hybridized carbons (Fsp3) is 0.182. The van der Waals surface area contributed by atoms with E-state index in [0.29, 0.717) is 5.69 Å². The summed E-state index contributed by atoms with van der Waals surface area (Å²) in [5, 5.41) is 3.92. The summed E-state index contributed by atoms with van der Waals surface area (Å²) in [6.07, 6.45) is 0. The fourth-order valence-corrected chi connectivity index (χ4v) is 1.42. The number of nitrogens with zero attached hydrogens (tertiary/aromatic N) is 2. The van der Waals surface area contributed by atoms with E-state index >= 15 is 0 Å². The van der Waals surface area contributed by atoms with Crippen molar-refractivity contribution in [2.75, 3.05) is 0 Å². The average molecular weight is 217 g/mol. The minimum Gasteiger partial charge on any atom is -0.291 e. The molecule has 1 aromatic carbocycles. The molecule has 0 aliphatic heterocycles. The van der Waals surface area contributed by atoms with Crippen molar-refractivity contribution in [3.63, 3.8) is 0 Å². The van der Waals surface area contributed by atoms with E-state index in [0.717, 1.165) is 5.56 Å². The molecule has 2 rings (SSSR count). The Bertz CT molecular complexity index is 595. The molecule has 0 unspecified atom stereocenters. The zero-order valence-electron chi connectivity index (χ0n) is 9.02. The molecule has 16 heavy (non-hydrogen) atoms. The molecule has 5 nitrogen and oxygen atoms in total. The Morgan fingerprint density at radius 2 is 2.19 bits per heavy atom. The third-order valence-corrected chi connectivity index (χ3v) is 2.20. The summed E-state index contributed by atoms with van der Waals surface area (Å²) < 4.78 is 1.18. The number of Topliss-reactive ketones (excluding diaryl/α,β-unsaturated/α-hetero) is 1. The van der Waals surface area contributed by atoms with Crippen molar-refractivity contribution >= 4 is 5.78 Å². The highest BCUT2D eigenvalue weighted by molar-refractivity contribution is 5.90. The standard InChI is InChI=1S/C11H11N3O2/c1-7-4-3-5-9(6-7)14-11(16)12-10(13-14)8(2)15/h3-6H,1-2H3,(H,12,13,16). The molecule has 2 aromatic rings. The zero-order valence-corrected chi connectivity index (χ0v) is 9.02. The van der Waals surface area contributed by atoms with Gasteiger partial charge in [0.1, 0.15) is 0 Å². The minimum absolute atomic E-state index is 0.0755. The van der Waals surface area contributed by atoms with Gasteiger partial charge in [-0.25, -0.2) is 4.79 Å². The zero-order chi connectivity index (χ0) is 11.7. The van der Waals surface area contributed by atoms with E-state index in [1.54, 1.807) is 6.07 Å². The van der Waals surface area contributed by atoms with E-state index < -0.39 is 5.69 Å². The van der Waals surface area contributed by atoms with Crippen molar-refractivity contribution < 1.29 is 4.79 Å². The maximum atomic E-state index is 11.5. The number of carbonyl (C=O) groups is 1. The van der Waals surface area contributed by atoms with Crippen LogP contribution in [0.1, 0.15) is 23.1 Å². The quantitative estimate of drug-likeness (QED) is 0.765. The molecule has 0 radical (unpaired) electrons. The predicted molar refractivity (Wildman–Crippen MR) is 58.9 cm³/mol. The largest absolute Gasteiger partial charge is 0.348 e. The summed E-state index contributed by atoms with van der Waals surface area (Å²) in [5.41, 5.74) is 1.27. The molecule has 5 heteroatoms. The van der Waals surface area contributed by atoms with Gasteiger partial charge in [-0.2, -0.15) is 4.68 Å². The van der Waals surface area contributed by atoms with Gasteiger partial charge in [-0.15, -0.1) is 5.10 Å². The van der Waals surface area contributed by atoms with Crippen molar-refractivity contribution in [3.8, 4) is 5.69 Å². The fourth-order valence-electron chi connectivity index (χ4n) is 1.42. The molecule has 0 spiro atoms. The minimum atomic E-state index is -0.407. The van der Waals surface area contributed by atoms with Crippen LogP contribution in [-0.2, 0) is 0 Å². The number of H-pyrrole nitrogens is 1. The van der Waals surface area contributed by atoms with Gasteiger partial charge in [-0.3, -0.25) is 9.78 Å². The van der Waals surface area contributed by atoms with Gasteiger partial charge >= 0.3 is 5.69 Å². The van der Waals surface area contributed by atoms with Crippen LogP contribution >= 0.6 is 0 Å². The smallest absolute Gasteiger partial charge is 0.291 e. The van der Waals surface area contributed by atoms with Crippen LogP contribution in [0.2, 0.25) is 0 Å². The molecule has 1 heterocycles. The lowest BCUT2D eigenvalue weighted by Crippen LogP contribution is -2.15. The molecule has 0 bridgehead atoms. The van der Waals surface area contributed by atoms with Crippen LogP contribution < -0.4 is 5.69 Å². The Balaban J connectivity index is 2.56. The van der Waals surface area contributed by atoms with Gasteiger partial charge in [0.25, 0.3) is 0 Å². The van der Waals surface area contributed by atoms with Crippen molar-refractivity contribution in [1.82, 2.24) is 14.8 Å². The number of rotatable bonds is 2. The predicted octanol–water partition coefficient (Wildman–Crippen LogP) is 1.07. The number of hydrogen-bond acceptors (Lipinski definition) is 3. The van der Waals surface area contributed by atoms with Crippen LogP contribution in [0.5, 0.6) is 0 Å². The normalized spacial score (nSPS) is 10.4. The first-order valence-electron chi connectivity index (χ1n) is 4.85. The maximum Gasteiger partial charge on any atom is 0.348 e. The molecule has 0 fully saturated rings. The van der Waals surface area contributed by atoms with E-state index in [9.17, 15) is 9.59 Å². The Labute approximate surface area is 91.7 Å². The molecule has 0 atom stereocenters. The number of benzene rings is 1. The van der Waals surface area contributed by atoms with Gasteiger partial charge in [-0.05, 0) is 24.6 Å². The summed E-state index contributed by atoms with van der Waals surface area (Å²) >= 11 is 0. The van der Waals surface area contributed by atoms with Crippen molar-refractivity contribution in [2.24, 2.45) is 0 Å². The first-order valence-corrected chi connectivity index (χ1v) is 4.85. The molecule has 82 valence electrons. The number of aromatic nitrogens is 3. The van der Waals surface area contributed by atoms with Crippen LogP contribution in [0.15, 0.2) is 29.1 Å². The van der Waals surface area contributed by atoms with Gasteiger partial charge in [-0.1, -0.05) is 12.1 Å². The Hall–Kier alpha value is -2.17. The van der Waals surface area contributed by atoms with Gasteiger partial charge in [0.05, 0.1) is 5.69 Å². The second kappa shape index (κ2) is 3.77. The van der Waals surface area contributed by atoms with Crippen molar-refractivity contribution in [2.45, 2.75) is 13.8 Å². The van der Waals surface area contributed by atoms with E-state index in [2.05, 4.69) is 10.1 Å². The van der Waals surface area contributed by atoms with E-state index in [1.165, 1.54) is 11.6 Å². The molecule has 0 aliphatic rings. The van der Waals surface area contributed by atoms with Crippen molar-refractivity contribution in [1.29, 1.82) is 0 Å². The number of nitrogens with one attached hydrogen (secondary N) is 1. The van der Waals surface area contributed by atoms with Gasteiger partial charge in [0.15, 0.2) is 11.6 Å². The highest BCUT2D eigenvalue weighted by Crippen LogP contribution is 2.06. The maximum absolute atomic E-state index is 11.5. The highest BCUT2D eigenvalue weighted by Gasteiger charge is 2.09. The Morgan fingerprint density at radius 1 is 1.44 bits per heavy atom. The number of ketones is 1. The van der Waals surface area contributed by atoms with E-state index in [-0.39, 0.29) is 11.6 Å². The van der Waals surface area contributed by atoms with E-state index in [1.807, 2.05) is 25.1 Å². The summed E-state index contributed by atoms with van der Waals surface area (Å²) in [7, 11) is 0. The summed E-state index contributed by atoms with van der Waals surface area (Å²) in [6.45, 7) is 3.28. The molecule has 1 N–H and O–H groups in total. The third-order valence-electron chi connectivity index (χ3n) is 2.20. The highest BCUT2D eigenvalue weighted by atomic mass is 16.2. The molecule has 0 saturated heterocycles. The summed E-state index contributed by atoms with van der Waals surface area (Å²) in [4.78, 5) is 25.0. The molecule has 1 aromatic heterocycles. The van der Waals surface area contributed by atoms with Crippen molar-refractivity contribution in [3.05, 3.63) is 46.1 Å². The van der Waals surface area contributed by atoms with Crippen LogP contribution in [0.25, 0.3) is 5.69 Å². The SMILES string of the molecule is CC(=O)c1nn(-c2cccc(C)c2)c(=O)[nH]1. The monoisotopic (exact) mass is 217 g/mol. The van der Waals surface area contributed by atoms with Gasteiger partial charge in [0, 0.05) is 6.92 Å². The van der Waals surface area contributed by atoms with Gasteiger partial charge < -0.3 is 0 Å².